The molecule has 5 nitrogen and oxygen atoms in total. The Morgan fingerprint density at radius 1 is 1.00 bits per heavy atom. The van der Waals surface area contributed by atoms with Gasteiger partial charge in [-0.1, -0.05) is 34.1 Å². The summed E-state index contributed by atoms with van der Waals surface area (Å²) < 4.78 is 28.3. The smallest absolute Gasteiger partial charge is 0.271 e. The van der Waals surface area contributed by atoms with Crippen molar-refractivity contribution in [2.45, 2.75) is 22.6 Å². The van der Waals surface area contributed by atoms with Gasteiger partial charge in [0.15, 0.2) is 0 Å². The van der Waals surface area contributed by atoms with E-state index in [9.17, 15) is 13.2 Å². The monoisotopic (exact) mass is 476 g/mol. The van der Waals surface area contributed by atoms with Gasteiger partial charge in [0, 0.05) is 15.7 Å². The van der Waals surface area contributed by atoms with Gasteiger partial charge >= 0.3 is 0 Å². The zero-order valence-electron chi connectivity index (χ0n) is 14.7. The van der Waals surface area contributed by atoms with E-state index in [1.54, 1.807) is 41.8 Å². The van der Waals surface area contributed by atoms with Gasteiger partial charge in [-0.3, -0.25) is 9.52 Å². The molecule has 2 aromatic carbocycles. The van der Waals surface area contributed by atoms with E-state index >= 15 is 0 Å². The Balaban J connectivity index is 1.45. The number of hydrogen-bond acceptors (Lipinski definition) is 4. The van der Waals surface area contributed by atoms with E-state index in [1.807, 2.05) is 24.3 Å². The number of hydrogen-bond donors (Lipinski definition) is 2. The topological polar surface area (TPSA) is 75.3 Å². The van der Waals surface area contributed by atoms with Crippen LogP contribution in [0.5, 0.6) is 0 Å². The third kappa shape index (κ3) is 3.99. The molecule has 0 radical (unpaired) electrons. The van der Waals surface area contributed by atoms with Crippen molar-refractivity contribution in [3.63, 3.8) is 0 Å². The molecule has 0 aliphatic heterocycles. The summed E-state index contributed by atoms with van der Waals surface area (Å²) in [4.78, 5) is 12.7. The highest BCUT2D eigenvalue weighted by Crippen LogP contribution is 2.45. The molecule has 0 atom stereocenters. The Morgan fingerprint density at radius 2 is 1.68 bits per heavy atom. The van der Waals surface area contributed by atoms with Gasteiger partial charge in [0.25, 0.3) is 15.9 Å². The number of benzene rings is 2. The molecule has 8 heteroatoms. The summed E-state index contributed by atoms with van der Waals surface area (Å²) in [6, 6.07) is 17.6. The number of amides is 1. The lowest BCUT2D eigenvalue weighted by atomic mass is 10.0. The number of sulfonamides is 1. The van der Waals surface area contributed by atoms with Crippen molar-refractivity contribution < 1.29 is 13.2 Å². The van der Waals surface area contributed by atoms with E-state index in [0.29, 0.717) is 11.3 Å². The lowest BCUT2D eigenvalue weighted by Crippen LogP contribution is -2.34. The van der Waals surface area contributed by atoms with E-state index in [1.165, 1.54) is 0 Å². The van der Waals surface area contributed by atoms with E-state index < -0.39 is 10.0 Å². The van der Waals surface area contributed by atoms with E-state index in [2.05, 4.69) is 26.0 Å². The Kier molecular flexibility index (Phi) is 5.03. The second kappa shape index (κ2) is 7.35. The summed E-state index contributed by atoms with van der Waals surface area (Å²) >= 11 is 4.58. The minimum absolute atomic E-state index is 0.173. The van der Waals surface area contributed by atoms with Crippen LogP contribution in [-0.4, -0.2) is 14.3 Å². The molecule has 1 saturated carbocycles. The molecule has 1 fully saturated rings. The van der Waals surface area contributed by atoms with E-state index in [0.717, 1.165) is 34.2 Å². The summed E-state index contributed by atoms with van der Waals surface area (Å²) in [7, 11) is -3.60. The minimum Gasteiger partial charge on any atom is -0.343 e. The molecule has 1 amide bonds. The van der Waals surface area contributed by atoms with Gasteiger partial charge in [-0.25, -0.2) is 8.42 Å². The van der Waals surface area contributed by atoms with Gasteiger partial charge in [0.2, 0.25) is 0 Å². The molecular formula is C20H17BrN2O3S2. The number of halogens is 1. The van der Waals surface area contributed by atoms with Crippen LogP contribution in [-0.2, 0) is 15.6 Å². The third-order valence-corrected chi connectivity index (χ3v) is 7.97. The molecule has 0 unspecified atom stereocenters. The van der Waals surface area contributed by atoms with Crippen molar-refractivity contribution in [3.8, 4) is 0 Å². The molecule has 28 heavy (non-hydrogen) atoms. The van der Waals surface area contributed by atoms with Crippen LogP contribution in [0.2, 0.25) is 0 Å². The zero-order valence-corrected chi connectivity index (χ0v) is 17.9. The summed E-state index contributed by atoms with van der Waals surface area (Å²) in [5, 5.41) is 4.83. The molecule has 144 valence electrons. The van der Waals surface area contributed by atoms with Crippen LogP contribution in [0.1, 0.15) is 28.8 Å². The van der Waals surface area contributed by atoms with Crippen molar-refractivity contribution in [1.29, 1.82) is 0 Å². The van der Waals surface area contributed by atoms with Crippen molar-refractivity contribution in [3.05, 3.63) is 81.6 Å². The van der Waals surface area contributed by atoms with Gasteiger partial charge < -0.3 is 5.32 Å². The largest absolute Gasteiger partial charge is 0.343 e. The maximum absolute atomic E-state index is 12.7. The quantitative estimate of drug-likeness (QED) is 0.539. The summed E-state index contributed by atoms with van der Waals surface area (Å²) in [5.74, 6) is -0.173. The molecule has 0 spiro atoms. The molecule has 0 saturated heterocycles. The molecule has 0 bridgehead atoms. The van der Waals surface area contributed by atoms with Crippen LogP contribution in [0, 0.1) is 0 Å². The molecule has 3 aromatic rings. The maximum atomic E-state index is 12.7. The standard InChI is InChI=1S/C20H17BrN2O3S2/c21-16-7-5-15(6-8-16)20(11-12-20)22-19(24)14-3-9-17(10-4-14)23-28(25,26)18-2-1-13-27-18/h1-10,13,23H,11-12H2,(H,22,24). The van der Waals surface area contributed by atoms with E-state index in [-0.39, 0.29) is 15.7 Å². The predicted octanol–water partition coefficient (Wildman–Crippen LogP) is 4.73. The summed E-state index contributed by atoms with van der Waals surface area (Å²) in [6.45, 7) is 0. The van der Waals surface area contributed by atoms with E-state index in [4.69, 9.17) is 0 Å². The number of thiophene rings is 1. The first-order valence-corrected chi connectivity index (χ1v) is 11.8. The molecule has 1 aliphatic carbocycles. The van der Waals surface area contributed by atoms with Crippen molar-refractivity contribution in [1.82, 2.24) is 5.32 Å². The molecule has 1 heterocycles. The normalized spacial score (nSPS) is 15.0. The minimum atomic E-state index is -3.60. The number of anilines is 1. The molecular weight excluding hydrogens is 460 g/mol. The molecule has 1 aliphatic rings. The third-order valence-electron chi connectivity index (χ3n) is 4.66. The van der Waals surface area contributed by atoms with Crippen molar-refractivity contribution in [2.75, 3.05) is 4.72 Å². The highest BCUT2D eigenvalue weighted by Gasteiger charge is 2.45. The Morgan fingerprint density at radius 3 is 2.25 bits per heavy atom. The van der Waals surface area contributed by atoms with Gasteiger partial charge in [0.1, 0.15) is 4.21 Å². The lowest BCUT2D eigenvalue weighted by Gasteiger charge is -2.18. The Labute approximate surface area is 176 Å². The first-order valence-electron chi connectivity index (χ1n) is 8.63. The second-order valence-corrected chi connectivity index (χ2v) is 10.4. The first-order chi connectivity index (χ1) is 13.4. The van der Waals surface area contributed by atoms with Crippen LogP contribution < -0.4 is 10.0 Å². The molecule has 2 N–H and O–H groups in total. The van der Waals surface area contributed by atoms with Crippen LogP contribution in [0.4, 0.5) is 5.69 Å². The van der Waals surface area contributed by atoms with Gasteiger partial charge in [-0.2, -0.15) is 0 Å². The highest BCUT2D eigenvalue weighted by atomic mass is 79.9. The summed E-state index contributed by atoms with van der Waals surface area (Å²) in [5.41, 5.74) is 1.68. The number of nitrogens with one attached hydrogen (secondary N) is 2. The average Bonchev–Trinajstić information content (AvgIpc) is 3.22. The number of rotatable bonds is 6. The van der Waals surface area contributed by atoms with Crippen molar-refractivity contribution >= 4 is 48.9 Å². The Hall–Kier alpha value is -2.16. The highest BCUT2D eigenvalue weighted by molar-refractivity contribution is 9.10. The SMILES string of the molecule is O=C(NC1(c2ccc(Br)cc2)CC1)c1ccc(NS(=O)(=O)c2cccs2)cc1. The predicted molar refractivity (Wildman–Crippen MR) is 114 cm³/mol. The summed E-state index contributed by atoms with van der Waals surface area (Å²) in [6.07, 6.45) is 1.80. The Bertz CT molecular complexity index is 1090. The fourth-order valence-corrected chi connectivity index (χ4v) is 5.30. The fourth-order valence-electron chi connectivity index (χ4n) is 2.98. The fraction of sp³-hybridized carbons (Fsp3) is 0.150. The number of carbonyl (C=O) groups is 1. The number of carbonyl (C=O) groups excluding carboxylic acids is 1. The maximum Gasteiger partial charge on any atom is 0.271 e. The first kappa shape index (κ1) is 19.2. The van der Waals surface area contributed by atoms with Gasteiger partial charge in [0.05, 0.1) is 5.54 Å². The van der Waals surface area contributed by atoms with Crippen LogP contribution in [0.25, 0.3) is 0 Å². The average molecular weight is 477 g/mol. The molecule has 4 rings (SSSR count). The van der Waals surface area contributed by atoms with Gasteiger partial charge in [-0.05, 0) is 66.2 Å². The lowest BCUT2D eigenvalue weighted by molar-refractivity contribution is 0.0931. The second-order valence-electron chi connectivity index (χ2n) is 6.66. The zero-order chi connectivity index (χ0) is 19.8. The van der Waals surface area contributed by atoms with Crippen molar-refractivity contribution in [2.24, 2.45) is 0 Å². The van der Waals surface area contributed by atoms with Crippen LogP contribution in [0.15, 0.2) is 74.7 Å². The van der Waals surface area contributed by atoms with Crippen LogP contribution >= 0.6 is 27.3 Å². The van der Waals surface area contributed by atoms with Crippen LogP contribution in [0.3, 0.4) is 0 Å². The van der Waals surface area contributed by atoms with Gasteiger partial charge in [-0.15, -0.1) is 11.3 Å². The molecule has 1 aromatic heterocycles.